The second-order valence-corrected chi connectivity index (χ2v) is 6.43. The molecule has 0 spiro atoms. The van der Waals surface area contributed by atoms with E-state index >= 15 is 0 Å². The molecule has 134 valence electrons. The first-order chi connectivity index (χ1) is 12.7. The summed E-state index contributed by atoms with van der Waals surface area (Å²) < 4.78 is 5.60. The summed E-state index contributed by atoms with van der Waals surface area (Å²) in [6.45, 7) is 2.41. The van der Waals surface area contributed by atoms with Crippen LogP contribution in [0.5, 0.6) is 0 Å². The van der Waals surface area contributed by atoms with Gasteiger partial charge in [0, 0.05) is 12.6 Å². The highest BCUT2D eigenvalue weighted by molar-refractivity contribution is 5.77. The summed E-state index contributed by atoms with van der Waals surface area (Å²) in [5, 5.41) is 2.03. The van der Waals surface area contributed by atoms with Crippen molar-refractivity contribution < 1.29 is 14.5 Å². The highest BCUT2D eigenvalue weighted by Gasteiger charge is 2.24. The van der Waals surface area contributed by atoms with Crippen molar-refractivity contribution in [1.82, 2.24) is 4.90 Å². The van der Waals surface area contributed by atoms with Crippen molar-refractivity contribution in [3.63, 3.8) is 0 Å². The molecule has 3 rings (SSSR count). The maximum absolute atomic E-state index is 12.7. The van der Waals surface area contributed by atoms with Gasteiger partial charge in [0.2, 0.25) is 0 Å². The second kappa shape index (κ2) is 8.50. The van der Waals surface area contributed by atoms with Crippen LogP contribution in [-0.2, 0) is 4.79 Å². The molecule has 3 aromatic rings. The first kappa shape index (κ1) is 18.0. The van der Waals surface area contributed by atoms with E-state index in [0.717, 1.165) is 16.9 Å². The number of nitrogens with two attached hydrogens (primary N) is 1. The first-order valence-corrected chi connectivity index (χ1v) is 8.89. The molecule has 1 amide bonds. The number of amides is 1. The Bertz CT molecular complexity index is 801. The zero-order valence-corrected chi connectivity index (χ0v) is 15.2. The Balaban J connectivity index is 1.68. The third kappa shape index (κ3) is 4.21. The van der Waals surface area contributed by atoms with Crippen LogP contribution in [0.25, 0.3) is 0 Å². The van der Waals surface area contributed by atoms with Crippen molar-refractivity contribution in [3.05, 3.63) is 95.9 Å². The molecular formula is C22H25N2O2+. The van der Waals surface area contributed by atoms with Crippen molar-refractivity contribution in [2.24, 2.45) is 0 Å². The van der Waals surface area contributed by atoms with Crippen LogP contribution in [-0.4, -0.2) is 24.4 Å². The molecule has 0 bridgehead atoms. The zero-order valence-electron chi connectivity index (χ0n) is 15.2. The summed E-state index contributed by atoms with van der Waals surface area (Å²) in [6, 6.07) is 24.0. The van der Waals surface area contributed by atoms with Gasteiger partial charge in [0.25, 0.3) is 5.91 Å². The normalized spacial score (nSPS) is 13.2. The number of likely N-dealkylation sites (N-methyl/N-ethyl adjacent to an activating group) is 1. The number of hydrogen-bond acceptors (Lipinski definition) is 2. The van der Waals surface area contributed by atoms with Gasteiger partial charge in [-0.3, -0.25) is 4.79 Å². The number of carbonyl (C=O) groups excluding carboxylic acids is 1. The summed E-state index contributed by atoms with van der Waals surface area (Å²) in [6.07, 6.45) is 1.67. The molecule has 1 aromatic heterocycles. The number of carbonyl (C=O) groups is 1. The molecule has 0 aliphatic rings. The van der Waals surface area contributed by atoms with Gasteiger partial charge in [0.15, 0.2) is 18.3 Å². The Labute approximate surface area is 154 Å². The maximum atomic E-state index is 12.7. The lowest BCUT2D eigenvalue weighted by Gasteiger charge is -2.25. The molecule has 0 saturated carbocycles. The molecule has 4 nitrogen and oxygen atoms in total. The van der Waals surface area contributed by atoms with Gasteiger partial charge < -0.3 is 14.6 Å². The number of nitrogens with zero attached hydrogens (tertiary/aromatic N) is 1. The highest BCUT2D eigenvalue weighted by Crippen LogP contribution is 2.19. The van der Waals surface area contributed by atoms with Crippen LogP contribution in [0.1, 0.15) is 35.9 Å². The first-order valence-electron chi connectivity index (χ1n) is 8.89. The topological polar surface area (TPSA) is 50.1 Å². The molecule has 2 N–H and O–H groups in total. The third-order valence-corrected chi connectivity index (χ3v) is 4.79. The van der Waals surface area contributed by atoms with Crippen LogP contribution < -0.4 is 5.32 Å². The van der Waals surface area contributed by atoms with Gasteiger partial charge >= 0.3 is 0 Å². The minimum Gasteiger partial charge on any atom is -0.463 e. The monoisotopic (exact) mass is 349 g/mol. The van der Waals surface area contributed by atoms with Crippen LogP contribution in [0.3, 0.4) is 0 Å². The van der Waals surface area contributed by atoms with Gasteiger partial charge in [-0.25, -0.2) is 0 Å². The molecule has 0 saturated heterocycles. The minimum atomic E-state index is -0.0319. The Morgan fingerprint density at radius 1 is 0.962 bits per heavy atom. The predicted molar refractivity (Wildman–Crippen MR) is 101 cm³/mol. The average Bonchev–Trinajstić information content (AvgIpc) is 3.23. The van der Waals surface area contributed by atoms with Crippen molar-refractivity contribution in [1.29, 1.82) is 0 Å². The summed E-state index contributed by atoms with van der Waals surface area (Å²) in [5.74, 6) is 0.941. The van der Waals surface area contributed by atoms with E-state index in [2.05, 4.69) is 19.1 Å². The molecular weight excluding hydrogens is 324 g/mol. The zero-order chi connectivity index (χ0) is 18.4. The number of furan rings is 1. The summed E-state index contributed by atoms with van der Waals surface area (Å²) in [4.78, 5) is 14.5. The van der Waals surface area contributed by atoms with Crippen molar-refractivity contribution in [3.8, 4) is 0 Å². The van der Waals surface area contributed by atoms with E-state index < -0.39 is 0 Å². The van der Waals surface area contributed by atoms with Crippen LogP contribution in [0.15, 0.2) is 83.5 Å². The van der Waals surface area contributed by atoms with Gasteiger partial charge in [-0.05, 0) is 24.6 Å². The lowest BCUT2D eigenvalue weighted by atomic mass is 10.0. The van der Waals surface area contributed by atoms with Crippen LogP contribution in [0, 0.1) is 0 Å². The smallest absolute Gasteiger partial charge is 0.277 e. The molecule has 2 aromatic carbocycles. The number of hydrogen-bond donors (Lipinski definition) is 1. The molecule has 0 fully saturated rings. The number of rotatable bonds is 7. The number of benzene rings is 2. The molecule has 4 heteroatoms. The van der Waals surface area contributed by atoms with E-state index in [-0.39, 0.29) is 18.0 Å². The third-order valence-electron chi connectivity index (χ3n) is 4.79. The number of quaternary nitrogens is 1. The fourth-order valence-corrected chi connectivity index (χ4v) is 3.08. The van der Waals surface area contributed by atoms with Gasteiger partial charge in [-0.1, -0.05) is 60.7 Å². The van der Waals surface area contributed by atoms with E-state index in [1.54, 1.807) is 11.2 Å². The molecule has 0 unspecified atom stereocenters. The van der Waals surface area contributed by atoms with Gasteiger partial charge in [0.1, 0.15) is 0 Å². The molecule has 0 radical (unpaired) electrons. The van der Waals surface area contributed by atoms with E-state index in [9.17, 15) is 4.79 Å². The Kier molecular flexibility index (Phi) is 5.87. The van der Waals surface area contributed by atoms with Gasteiger partial charge in [-0.15, -0.1) is 0 Å². The fourth-order valence-electron chi connectivity index (χ4n) is 3.08. The maximum Gasteiger partial charge on any atom is 0.277 e. The predicted octanol–water partition coefficient (Wildman–Crippen LogP) is 3.15. The molecule has 1 heterocycles. The van der Waals surface area contributed by atoms with Gasteiger partial charge in [0.05, 0.1) is 12.3 Å². The van der Waals surface area contributed by atoms with Crippen LogP contribution in [0.2, 0.25) is 0 Å². The summed E-state index contributed by atoms with van der Waals surface area (Å²) >= 11 is 0. The minimum absolute atomic E-state index is 0.0319. The summed E-state index contributed by atoms with van der Waals surface area (Å²) in [5.41, 5.74) is 2.25. The molecule has 26 heavy (non-hydrogen) atoms. The average molecular weight is 349 g/mol. The quantitative estimate of drug-likeness (QED) is 0.712. The molecule has 0 aliphatic heterocycles. The summed E-state index contributed by atoms with van der Waals surface area (Å²) in [7, 11) is 1.86. The van der Waals surface area contributed by atoms with Crippen molar-refractivity contribution >= 4 is 5.91 Å². The Morgan fingerprint density at radius 3 is 2.15 bits per heavy atom. The highest BCUT2D eigenvalue weighted by atomic mass is 16.3. The Morgan fingerprint density at radius 2 is 1.58 bits per heavy atom. The SMILES string of the molecule is C[C@H](c1ccccc1)N(C)C(=O)C[NH2+][C@@H](c1ccccc1)c1ccco1. The molecule has 2 atom stereocenters. The van der Waals surface area contributed by atoms with Crippen molar-refractivity contribution in [2.45, 2.75) is 19.0 Å². The lowest BCUT2D eigenvalue weighted by Crippen LogP contribution is -2.87. The standard InChI is InChI=1S/C22H24N2O2/c1-17(18-10-5-3-6-11-18)24(2)21(25)16-23-22(20-14-9-15-26-20)19-12-7-4-8-13-19/h3-15,17,22-23H,16H2,1-2H3/p+1/t17-,22+/m1/s1. The van der Waals surface area contributed by atoms with Crippen LogP contribution >= 0.6 is 0 Å². The molecule has 0 aliphatic carbocycles. The van der Waals surface area contributed by atoms with Gasteiger partial charge in [-0.2, -0.15) is 0 Å². The Hall–Kier alpha value is -2.85. The van der Waals surface area contributed by atoms with Crippen LogP contribution in [0.4, 0.5) is 0 Å². The lowest BCUT2D eigenvalue weighted by molar-refractivity contribution is -0.679. The van der Waals surface area contributed by atoms with E-state index in [4.69, 9.17) is 4.42 Å². The van der Waals surface area contributed by atoms with E-state index in [1.165, 1.54) is 0 Å². The van der Waals surface area contributed by atoms with E-state index in [1.807, 2.05) is 73.0 Å². The van der Waals surface area contributed by atoms with E-state index in [0.29, 0.717) is 6.54 Å². The second-order valence-electron chi connectivity index (χ2n) is 6.43. The fraction of sp³-hybridized carbons (Fsp3) is 0.227. The largest absolute Gasteiger partial charge is 0.463 e. The van der Waals surface area contributed by atoms with Crippen molar-refractivity contribution in [2.75, 3.05) is 13.6 Å².